The van der Waals surface area contributed by atoms with Crippen LogP contribution in [0.3, 0.4) is 0 Å². The average molecular weight is 273 g/mol. The van der Waals surface area contributed by atoms with E-state index in [2.05, 4.69) is 4.74 Å². The van der Waals surface area contributed by atoms with Gasteiger partial charge in [0, 0.05) is 0 Å². The van der Waals surface area contributed by atoms with Crippen LogP contribution in [0.2, 0.25) is 0 Å². The third-order valence-corrected chi connectivity index (χ3v) is 2.00. The van der Waals surface area contributed by atoms with Crippen LogP contribution in [0.1, 0.15) is 0 Å². The molecule has 102 valence electrons. The van der Waals surface area contributed by atoms with Crippen molar-refractivity contribution in [1.29, 1.82) is 0 Å². The van der Waals surface area contributed by atoms with Crippen molar-refractivity contribution >= 4 is 5.69 Å². The maximum Gasteiger partial charge on any atom is 0.425 e. The number of para-hydroxylation sites is 2. The number of hydrogen-bond acceptors (Lipinski definition) is 2. The topological polar surface area (TPSA) is 35.2 Å². The van der Waals surface area contributed by atoms with E-state index in [1.807, 2.05) is 0 Å². The zero-order valence-corrected chi connectivity index (χ0v) is 8.85. The van der Waals surface area contributed by atoms with E-state index < -0.39 is 24.9 Å². The van der Waals surface area contributed by atoms with Crippen molar-refractivity contribution in [2.45, 2.75) is 18.3 Å². The second-order valence-corrected chi connectivity index (χ2v) is 3.49. The van der Waals surface area contributed by atoms with E-state index in [0.29, 0.717) is 0 Å². The lowest BCUT2D eigenvalue weighted by molar-refractivity contribution is -0.249. The summed E-state index contributed by atoms with van der Waals surface area (Å²) in [6.07, 6.45) is -9.93. The molecule has 0 saturated heterocycles. The molecular weight excluding hydrogens is 264 g/mol. The molecule has 0 amide bonds. The van der Waals surface area contributed by atoms with Crippen LogP contribution < -0.4 is 10.5 Å². The number of benzene rings is 1. The Hall–Kier alpha value is -1.60. The van der Waals surface area contributed by atoms with Crippen molar-refractivity contribution in [3.8, 4) is 5.75 Å². The van der Waals surface area contributed by atoms with Gasteiger partial charge in [0.1, 0.15) is 5.75 Å². The van der Waals surface area contributed by atoms with Crippen molar-refractivity contribution in [2.75, 3.05) is 12.3 Å². The van der Waals surface area contributed by atoms with Gasteiger partial charge >= 0.3 is 12.1 Å². The lowest BCUT2D eigenvalue weighted by Gasteiger charge is -2.22. The monoisotopic (exact) mass is 273 g/mol. The van der Waals surface area contributed by atoms with Crippen molar-refractivity contribution < 1.29 is 31.1 Å². The maximum absolute atomic E-state index is 12.9. The highest BCUT2D eigenvalue weighted by Crippen LogP contribution is 2.35. The first-order valence-electron chi connectivity index (χ1n) is 4.70. The van der Waals surface area contributed by atoms with Crippen LogP contribution in [-0.2, 0) is 0 Å². The van der Waals surface area contributed by atoms with Crippen molar-refractivity contribution in [3.05, 3.63) is 24.3 Å². The van der Waals surface area contributed by atoms with Crippen LogP contribution in [0.5, 0.6) is 5.75 Å². The fraction of sp³-hybridized carbons (Fsp3) is 0.400. The van der Waals surface area contributed by atoms with Gasteiger partial charge in [0.2, 0.25) is 0 Å². The average Bonchev–Trinajstić information content (AvgIpc) is 2.26. The molecular formula is C10H9F6NO. The Labute approximate surface area is 98.3 Å². The number of nitrogen functional groups attached to an aromatic ring is 1. The zero-order chi connectivity index (χ0) is 14.0. The zero-order valence-electron chi connectivity index (χ0n) is 8.85. The first kappa shape index (κ1) is 14.5. The van der Waals surface area contributed by atoms with Gasteiger partial charge in [-0.15, -0.1) is 0 Å². The Bertz CT molecular complexity index is 406. The van der Waals surface area contributed by atoms with Gasteiger partial charge in [0.25, 0.3) is 6.17 Å². The van der Waals surface area contributed by atoms with Gasteiger partial charge < -0.3 is 10.5 Å². The molecule has 0 spiro atoms. The molecule has 2 nitrogen and oxygen atoms in total. The van der Waals surface area contributed by atoms with Crippen LogP contribution in [0.25, 0.3) is 0 Å². The molecule has 0 heterocycles. The molecule has 1 aromatic carbocycles. The molecule has 0 aliphatic carbocycles. The Morgan fingerprint density at radius 3 is 2.17 bits per heavy atom. The Balaban J connectivity index is 2.71. The highest BCUT2D eigenvalue weighted by atomic mass is 19.4. The molecule has 0 aliphatic heterocycles. The van der Waals surface area contributed by atoms with Crippen LogP contribution in [-0.4, -0.2) is 24.9 Å². The first-order valence-corrected chi connectivity index (χ1v) is 4.70. The fourth-order valence-corrected chi connectivity index (χ4v) is 1.10. The minimum atomic E-state index is -5.64. The summed E-state index contributed by atoms with van der Waals surface area (Å²) in [5, 5.41) is 0. The third kappa shape index (κ3) is 3.44. The number of nitrogens with two attached hydrogens (primary N) is 1. The summed E-state index contributed by atoms with van der Waals surface area (Å²) in [6.45, 7) is -1.75. The standard InChI is InChI=1S/C10H9F6NO/c11-8(10(14,15)16)9(12,13)5-18-7-4-2-1-3-6(7)17/h1-4,8H,5,17H2/t8-/m0/s1. The predicted molar refractivity (Wildman–Crippen MR) is 52.2 cm³/mol. The van der Waals surface area contributed by atoms with E-state index in [4.69, 9.17) is 5.73 Å². The summed E-state index contributed by atoms with van der Waals surface area (Å²) >= 11 is 0. The van der Waals surface area contributed by atoms with Gasteiger partial charge in [-0.1, -0.05) is 12.1 Å². The van der Waals surface area contributed by atoms with Gasteiger partial charge in [-0.2, -0.15) is 22.0 Å². The summed E-state index contributed by atoms with van der Waals surface area (Å²) in [5.74, 6) is -4.91. The van der Waals surface area contributed by atoms with E-state index in [1.165, 1.54) is 24.3 Å². The van der Waals surface area contributed by atoms with Gasteiger partial charge in [-0.3, -0.25) is 0 Å². The van der Waals surface area contributed by atoms with Gasteiger partial charge in [-0.25, -0.2) is 4.39 Å². The molecule has 0 radical (unpaired) electrons. The Kier molecular flexibility index (Phi) is 3.98. The highest BCUT2D eigenvalue weighted by molar-refractivity contribution is 5.51. The van der Waals surface area contributed by atoms with E-state index >= 15 is 0 Å². The number of hydrogen-bond donors (Lipinski definition) is 1. The Morgan fingerprint density at radius 1 is 1.11 bits per heavy atom. The highest BCUT2D eigenvalue weighted by Gasteiger charge is 2.57. The molecule has 18 heavy (non-hydrogen) atoms. The molecule has 2 N–H and O–H groups in total. The SMILES string of the molecule is Nc1ccccc1OCC(F)(F)[C@H](F)C(F)(F)F. The lowest BCUT2D eigenvalue weighted by atomic mass is 10.2. The molecule has 0 unspecified atom stereocenters. The van der Waals surface area contributed by atoms with Crippen LogP contribution in [0.4, 0.5) is 32.0 Å². The van der Waals surface area contributed by atoms with Crippen LogP contribution in [0, 0.1) is 0 Å². The molecule has 0 aliphatic rings. The number of halogens is 6. The van der Waals surface area contributed by atoms with Crippen LogP contribution >= 0.6 is 0 Å². The van der Waals surface area contributed by atoms with Crippen LogP contribution in [0.15, 0.2) is 24.3 Å². The summed E-state index contributed by atoms with van der Waals surface area (Å²) in [5.41, 5.74) is 5.29. The lowest BCUT2D eigenvalue weighted by Crippen LogP contribution is -2.45. The smallest absolute Gasteiger partial charge is 0.425 e. The molecule has 0 bridgehead atoms. The quantitative estimate of drug-likeness (QED) is 0.675. The maximum atomic E-state index is 12.9. The molecule has 8 heteroatoms. The second-order valence-electron chi connectivity index (χ2n) is 3.49. The van der Waals surface area contributed by atoms with Gasteiger partial charge in [-0.05, 0) is 12.1 Å². The normalized spacial score (nSPS) is 14.3. The fourth-order valence-electron chi connectivity index (χ4n) is 1.10. The molecule has 1 atom stereocenters. The van der Waals surface area contributed by atoms with Crippen molar-refractivity contribution in [2.24, 2.45) is 0 Å². The number of ether oxygens (including phenoxy) is 1. The first-order chi connectivity index (χ1) is 8.14. The van der Waals surface area contributed by atoms with Gasteiger partial charge in [0.15, 0.2) is 6.61 Å². The minimum absolute atomic E-state index is 0.0317. The minimum Gasteiger partial charge on any atom is -0.485 e. The number of anilines is 1. The van der Waals surface area contributed by atoms with E-state index in [1.54, 1.807) is 0 Å². The van der Waals surface area contributed by atoms with E-state index in [9.17, 15) is 26.3 Å². The molecule has 1 aromatic rings. The van der Waals surface area contributed by atoms with Crippen molar-refractivity contribution in [3.63, 3.8) is 0 Å². The predicted octanol–water partition coefficient (Wildman–Crippen LogP) is 3.18. The summed E-state index contributed by atoms with van der Waals surface area (Å²) in [6, 6.07) is 5.37. The van der Waals surface area contributed by atoms with E-state index in [0.717, 1.165) is 0 Å². The Morgan fingerprint density at radius 2 is 1.67 bits per heavy atom. The molecule has 0 aromatic heterocycles. The van der Waals surface area contributed by atoms with Gasteiger partial charge in [0.05, 0.1) is 5.69 Å². The van der Waals surface area contributed by atoms with E-state index in [-0.39, 0.29) is 11.4 Å². The molecule has 0 saturated carbocycles. The number of rotatable bonds is 4. The third-order valence-electron chi connectivity index (χ3n) is 2.00. The summed E-state index contributed by atoms with van der Waals surface area (Å²) < 4.78 is 78.1. The second kappa shape index (κ2) is 4.95. The largest absolute Gasteiger partial charge is 0.485 e. The summed E-state index contributed by atoms with van der Waals surface area (Å²) in [7, 11) is 0. The molecule has 0 fully saturated rings. The number of alkyl halides is 6. The van der Waals surface area contributed by atoms with Crippen molar-refractivity contribution in [1.82, 2.24) is 0 Å². The summed E-state index contributed by atoms with van der Waals surface area (Å²) in [4.78, 5) is 0. The molecule has 1 rings (SSSR count).